The van der Waals surface area contributed by atoms with Crippen LogP contribution in [-0.4, -0.2) is 37.2 Å². The molecule has 3 heterocycles. The number of hydrogen-bond donors (Lipinski definition) is 2. The number of carboxylic acids is 1. The first-order valence-electron chi connectivity index (χ1n) is 11.1. The Morgan fingerprint density at radius 2 is 2.05 bits per heavy atom. The SMILES string of the molecule is NC(=O)n1ncc2cc(Cl)c(Cn3c(C(=O)O)c(C4=CC=CCC4=O)c4c5occc5c(F)cc43)cc21. The van der Waals surface area contributed by atoms with E-state index in [4.69, 9.17) is 21.8 Å². The van der Waals surface area contributed by atoms with Gasteiger partial charge in [-0.15, -0.1) is 0 Å². The number of fused-ring (bicyclic) bond motifs is 4. The van der Waals surface area contributed by atoms with Crippen LogP contribution in [0.15, 0.2) is 59.4 Å². The lowest BCUT2D eigenvalue weighted by Gasteiger charge is -2.13. The summed E-state index contributed by atoms with van der Waals surface area (Å²) in [6.07, 6.45) is 7.72. The van der Waals surface area contributed by atoms with E-state index in [1.165, 1.54) is 29.2 Å². The van der Waals surface area contributed by atoms with Crippen LogP contribution in [0.5, 0.6) is 0 Å². The molecule has 1 amide bonds. The summed E-state index contributed by atoms with van der Waals surface area (Å²) in [5.74, 6) is -2.22. The normalized spacial score (nSPS) is 13.7. The van der Waals surface area contributed by atoms with Gasteiger partial charge in [0.25, 0.3) is 0 Å². The maximum atomic E-state index is 15.1. The molecule has 0 bridgehead atoms. The molecule has 1 aliphatic carbocycles. The first kappa shape index (κ1) is 22.7. The van der Waals surface area contributed by atoms with Crippen LogP contribution < -0.4 is 5.73 Å². The molecule has 0 spiro atoms. The molecular formula is C26H16ClFN4O5. The number of nitrogens with zero attached hydrogens (tertiary/aromatic N) is 3. The zero-order valence-electron chi connectivity index (χ0n) is 18.9. The van der Waals surface area contributed by atoms with E-state index in [1.54, 1.807) is 30.4 Å². The second-order valence-electron chi connectivity index (χ2n) is 8.56. The van der Waals surface area contributed by atoms with Crippen molar-refractivity contribution < 1.29 is 28.3 Å². The molecule has 0 fully saturated rings. The molecular weight excluding hydrogens is 503 g/mol. The number of halogens is 2. The van der Waals surface area contributed by atoms with Crippen LogP contribution in [0.2, 0.25) is 5.02 Å². The number of aromatic nitrogens is 3. The molecule has 0 atom stereocenters. The minimum absolute atomic E-state index is 0.0969. The van der Waals surface area contributed by atoms with Crippen LogP contribution in [-0.2, 0) is 11.3 Å². The van der Waals surface area contributed by atoms with Crippen molar-refractivity contribution in [1.82, 2.24) is 14.3 Å². The highest BCUT2D eigenvalue weighted by Gasteiger charge is 2.31. The summed E-state index contributed by atoms with van der Waals surface area (Å²) in [6, 6.07) is 5.00. The molecule has 6 rings (SSSR count). The van der Waals surface area contributed by atoms with E-state index < -0.39 is 17.8 Å². The molecule has 0 aliphatic heterocycles. The molecule has 0 saturated carbocycles. The molecule has 0 saturated heterocycles. The van der Waals surface area contributed by atoms with Crippen molar-refractivity contribution in [2.45, 2.75) is 13.0 Å². The van der Waals surface area contributed by atoms with E-state index in [2.05, 4.69) is 5.10 Å². The first-order valence-corrected chi connectivity index (χ1v) is 11.5. The standard InChI is InChI=1S/C26H16ClFN4O5/c27-16-7-12-10-30-32(26(29)36)18(12)8-13(16)11-31-19-9-17(28)14-5-6-37-24(14)22(19)21(23(31)25(34)35)15-3-1-2-4-20(15)33/h1-3,5-10H,4,11H2,(H2,29,36)(H,34,35). The van der Waals surface area contributed by atoms with Crippen molar-refractivity contribution in [3.05, 3.63) is 82.6 Å². The molecule has 5 aromatic rings. The Labute approximate surface area is 211 Å². The van der Waals surface area contributed by atoms with Crippen LogP contribution in [0.4, 0.5) is 9.18 Å². The predicted molar refractivity (Wildman–Crippen MR) is 134 cm³/mol. The molecule has 9 nitrogen and oxygen atoms in total. The molecule has 1 aliphatic rings. The third-order valence-corrected chi connectivity index (χ3v) is 6.82. The number of furan rings is 1. The molecule has 0 radical (unpaired) electrons. The second kappa shape index (κ2) is 8.17. The third kappa shape index (κ3) is 3.37. The summed E-state index contributed by atoms with van der Waals surface area (Å²) in [7, 11) is 0. The highest BCUT2D eigenvalue weighted by atomic mass is 35.5. The number of carbonyl (C=O) groups excluding carboxylic acids is 2. The van der Waals surface area contributed by atoms with Crippen LogP contribution in [0.1, 0.15) is 28.0 Å². The van der Waals surface area contributed by atoms with Gasteiger partial charge >= 0.3 is 12.0 Å². The van der Waals surface area contributed by atoms with Gasteiger partial charge in [0.1, 0.15) is 17.1 Å². The van der Waals surface area contributed by atoms with Crippen molar-refractivity contribution in [2.75, 3.05) is 0 Å². The minimum atomic E-state index is -1.33. The molecule has 3 aromatic heterocycles. The van der Waals surface area contributed by atoms with Gasteiger partial charge in [0.2, 0.25) is 0 Å². The van der Waals surface area contributed by atoms with Gasteiger partial charge in [-0.1, -0.05) is 29.8 Å². The van der Waals surface area contributed by atoms with Crippen molar-refractivity contribution >= 4 is 67.7 Å². The fraction of sp³-hybridized carbons (Fsp3) is 0.0769. The number of aromatic carboxylic acids is 1. The fourth-order valence-electron chi connectivity index (χ4n) is 4.88. The van der Waals surface area contributed by atoms with Crippen LogP contribution in [0, 0.1) is 5.82 Å². The molecule has 2 aromatic carbocycles. The highest BCUT2D eigenvalue weighted by Crippen LogP contribution is 2.40. The zero-order valence-corrected chi connectivity index (χ0v) is 19.6. The number of hydrogen-bond acceptors (Lipinski definition) is 5. The van der Waals surface area contributed by atoms with Gasteiger partial charge in [-0.3, -0.25) is 4.79 Å². The Kier molecular flexibility index (Phi) is 5.02. The van der Waals surface area contributed by atoms with Crippen molar-refractivity contribution in [3.8, 4) is 0 Å². The van der Waals surface area contributed by atoms with E-state index in [0.29, 0.717) is 21.9 Å². The maximum Gasteiger partial charge on any atom is 0.353 e. The van der Waals surface area contributed by atoms with Crippen LogP contribution in [0.3, 0.4) is 0 Å². The van der Waals surface area contributed by atoms with Crippen LogP contribution in [0.25, 0.3) is 38.3 Å². The quantitative estimate of drug-likeness (QED) is 0.339. The lowest BCUT2D eigenvalue weighted by molar-refractivity contribution is -0.113. The summed E-state index contributed by atoms with van der Waals surface area (Å²) < 4.78 is 23.1. The van der Waals surface area contributed by atoms with Crippen molar-refractivity contribution in [1.29, 1.82) is 0 Å². The third-order valence-electron chi connectivity index (χ3n) is 6.46. The van der Waals surface area contributed by atoms with Gasteiger partial charge in [-0.25, -0.2) is 14.0 Å². The van der Waals surface area contributed by atoms with E-state index in [1.807, 2.05) is 0 Å². The Hall–Kier alpha value is -4.70. The number of allylic oxidation sites excluding steroid dienone is 4. The average Bonchev–Trinajstić information content (AvgIpc) is 3.56. The van der Waals surface area contributed by atoms with Crippen molar-refractivity contribution in [2.24, 2.45) is 5.73 Å². The molecule has 184 valence electrons. The Balaban J connectivity index is 1.69. The Bertz CT molecular complexity index is 1890. The summed E-state index contributed by atoms with van der Waals surface area (Å²) >= 11 is 6.53. The minimum Gasteiger partial charge on any atom is -0.477 e. The number of carboxylic acid groups (broad SMARTS) is 1. The number of primary amides is 1. The summed E-state index contributed by atoms with van der Waals surface area (Å²) in [6.45, 7) is -0.125. The smallest absolute Gasteiger partial charge is 0.353 e. The number of amides is 1. The molecule has 11 heteroatoms. The molecule has 0 unspecified atom stereocenters. The fourth-order valence-corrected chi connectivity index (χ4v) is 5.11. The monoisotopic (exact) mass is 518 g/mol. The summed E-state index contributed by atoms with van der Waals surface area (Å²) in [5.41, 5.74) is 6.62. The van der Waals surface area contributed by atoms with E-state index in [9.17, 15) is 19.5 Å². The highest BCUT2D eigenvalue weighted by molar-refractivity contribution is 6.32. The number of ketones is 1. The van der Waals surface area contributed by atoms with Gasteiger partial charge in [-0.2, -0.15) is 9.78 Å². The molecule has 37 heavy (non-hydrogen) atoms. The predicted octanol–water partition coefficient (Wildman–Crippen LogP) is 5.12. The largest absolute Gasteiger partial charge is 0.477 e. The lowest BCUT2D eigenvalue weighted by atomic mass is 9.93. The maximum absolute atomic E-state index is 15.1. The molecule has 3 N–H and O–H groups in total. The van der Waals surface area contributed by atoms with E-state index in [-0.39, 0.29) is 57.1 Å². The van der Waals surface area contributed by atoms with Gasteiger partial charge in [-0.05, 0) is 29.8 Å². The topological polar surface area (TPSA) is 133 Å². The lowest BCUT2D eigenvalue weighted by Crippen LogP contribution is -2.20. The number of nitrogens with two attached hydrogens (primary N) is 1. The zero-order chi connectivity index (χ0) is 26.0. The number of rotatable bonds is 4. The summed E-state index contributed by atoms with van der Waals surface area (Å²) in [5, 5.41) is 15.6. The Morgan fingerprint density at radius 3 is 2.78 bits per heavy atom. The van der Waals surface area contributed by atoms with Gasteiger partial charge in [0.15, 0.2) is 5.78 Å². The first-order chi connectivity index (χ1) is 17.8. The van der Waals surface area contributed by atoms with E-state index >= 15 is 4.39 Å². The second-order valence-corrected chi connectivity index (χ2v) is 8.97. The number of Topliss-reactive ketones (excluding diaryl/α,β-unsaturated/α-hetero) is 1. The van der Waals surface area contributed by atoms with Gasteiger partial charge in [0, 0.05) is 34.5 Å². The van der Waals surface area contributed by atoms with Crippen molar-refractivity contribution in [3.63, 3.8) is 0 Å². The summed E-state index contributed by atoms with van der Waals surface area (Å²) in [4.78, 5) is 37.4. The van der Waals surface area contributed by atoms with E-state index in [0.717, 1.165) is 4.68 Å². The van der Waals surface area contributed by atoms with Gasteiger partial charge < -0.3 is 19.8 Å². The average molecular weight is 519 g/mol. The number of benzene rings is 2. The number of carbonyl (C=O) groups is 3. The van der Waals surface area contributed by atoms with Crippen LogP contribution >= 0.6 is 11.6 Å². The van der Waals surface area contributed by atoms with Gasteiger partial charge in [0.05, 0.1) is 34.3 Å². The Morgan fingerprint density at radius 1 is 1.24 bits per heavy atom.